The van der Waals surface area contributed by atoms with Gasteiger partial charge < -0.3 is 20.2 Å². The summed E-state index contributed by atoms with van der Waals surface area (Å²) in [5, 5.41) is 11.8. The van der Waals surface area contributed by atoms with E-state index < -0.39 is 12.0 Å². The fraction of sp³-hybridized carbons (Fsp3) is 0.556. The van der Waals surface area contributed by atoms with E-state index in [9.17, 15) is 14.7 Å². The molecule has 1 aliphatic rings. The fourth-order valence-corrected chi connectivity index (χ4v) is 2.97. The van der Waals surface area contributed by atoms with Crippen LogP contribution >= 0.6 is 0 Å². The monoisotopic (exact) mass is 333 g/mol. The van der Waals surface area contributed by atoms with E-state index in [1.54, 1.807) is 18.7 Å². The summed E-state index contributed by atoms with van der Waals surface area (Å²) in [5.41, 5.74) is 3.73. The second-order valence-electron chi connectivity index (χ2n) is 6.70. The van der Waals surface area contributed by atoms with Crippen molar-refractivity contribution in [3.05, 3.63) is 29.3 Å². The second-order valence-corrected chi connectivity index (χ2v) is 6.70. The van der Waals surface area contributed by atoms with Crippen molar-refractivity contribution >= 4 is 17.7 Å². The molecule has 0 aliphatic carbocycles. The van der Waals surface area contributed by atoms with Crippen LogP contribution in [-0.2, 0) is 4.79 Å². The minimum atomic E-state index is -0.993. The lowest BCUT2D eigenvalue weighted by atomic mass is 10.1. The minimum absolute atomic E-state index is 0.150. The van der Waals surface area contributed by atoms with Crippen LogP contribution in [-0.4, -0.2) is 54.2 Å². The van der Waals surface area contributed by atoms with Gasteiger partial charge in [-0.15, -0.1) is 0 Å². The van der Waals surface area contributed by atoms with Crippen LogP contribution in [0, 0.1) is 19.8 Å². The van der Waals surface area contributed by atoms with Crippen LogP contribution in [0.1, 0.15) is 25.0 Å². The zero-order valence-corrected chi connectivity index (χ0v) is 14.9. The number of hydrogen-bond donors (Lipinski definition) is 2. The molecule has 0 bridgehead atoms. The number of benzene rings is 1. The Morgan fingerprint density at radius 1 is 1.12 bits per heavy atom. The second kappa shape index (κ2) is 7.55. The highest BCUT2D eigenvalue weighted by Gasteiger charge is 2.28. The highest BCUT2D eigenvalue weighted by Crippen LogP contribution is 2.23. The summed E-state index contributed by atoms with van der Waals surface area (Å²) in [4.78, 5) is 27.5. The van der Waals surface area contributed by atoms with E-state index in [1.165, 1.54) is 16.8 Å². The number of urea groups is 1. The van der Waals surface area contributed by atoms with Crippen LogP contribution in [0.15, 0.2) is 18.2 Å². The first kappa shape index (κ1) is 18.1. The van der Waals surface area contributed by atoms with Gasteiger partial charge in [0.25, 0.3) is 0 Å². The highest BCUT2D eigenvalue weighted by atomic mass is 16.4. The van der Waals surface area contributed by atoms with Crippen molar-refractivity contribution in [1.29, 1.82) is 0 Å². The molecular formula is C18H27N3O3. The van der Waals surface area contributed by atoms with Crippen molar-refractivity contribution < 1.29 is 14.7 Å². The Bertz CT molecular complexity index is 608. The molecule has 1 aliphatic heterocycles. The third-order valence-electron chi connectivity index (χ3n) is 4.70. The summed E-state index contributed by atoms with van der Waals surface area (Å²) in [6.07, 6.45) is 0. The number of anilines is 1. The van der Waals surface area contributed by atoms with Crippen LogP contribution in [0.5, 0.6) is 0 Å². The van der Waals surface area contributed by atoms with Gasteiger partial charge in [-0.3, -0.25) is 0 Å². The Balaban J connectivity index is 1.96. The molecule has 2 amide bonds. The van der Waals surface area contributed by atoms with Crippen LogP contribution < -0.4 is 10.2 Å². The zero-order chi connectivity index (χ0) is 17.9. The van der Waals surface area contributed by atoms with Crippen molar-refractivity contribution in [3.63, 3.8) is 0 Å². The van der Waals surface area contributed by atoms with Crippen molar-refractivity contribution in [2.24, 2.45) is 5.92 Å². The average Bonchev–Trinajstić information content (AvgIpc) is 2.54. The molecule has 1 aromatic rings. The zero-order valence-electron chi connectivity index (χ0n) is 14.9. The smallest absolute Gasteiger partial charge is 0.326 e. The number of nitrogens with one attached hydrogen (secondary N) is 1. The number of carbonyl (C=O) groups is 2. The third kappa shape index (κ3) is 3.99. The molecule has 132 valence electrons. The Morgan fingerprint density at radius 3 is 2.29 bits per heavy atom. The first-order valence-corrected chi connectivity index (χ1v) is 8.40. The van der Waals surface area contributed by atoms with E-state index in [2.05, 4.69) is 42.3 Å². The van der Waals surface area contributed by atoms with E-state index >= 15 is 0 Å². The topological polar surface area (TPSA) is 72.9 Å². The lowest BCUT2D eigenvalue weighted by Gasteiger charge is -2.37. The predicted octanol–water partition coefficient (Wildman–Crippen LogP) is 2.24. The number of amides is 2. The average molecular weight is 333 g/mol. The Labute approximate surface area is 143 Å². The van der Waals surface area contributed by atoms with Crippen molar-refractivity contribution in [3.8, 4) is 0 Å². The lowest BCUT2D eigenvalue weighted by molar-refractivity contribution is -0.140. The normalized spacial score (nSPS) is 16.2. The molecule has 1 atom stereocenters. The third-order valence-corrected chi connectivity index (χ3v) is 4.70. The van der Waals surface area contributed by atoms with Gasteiger partial charge in [-0.1, -0.05) is 26.0 Å². The van der Waals surface area contributed by atoms with E-state index in [0.717, 1.165) is 13.1 Å². The van der Waals surface area contributed by atoms with Gasteiger partial charge in [0.2, 0.25) is 0 Å². The Morgan fingerprint density at radius 2 is 1.75 bits per heavy atom. The number of piperazine rings is 1. The summed E-state index contributed by atoms with van der Waals surface area (Å²) in [7, 11) is 0. The van der Waals surface area contributed by atoms with Gasteiger partial charge in [0, 0.05) is 31.9 Å². The molecule has 1 unspecified atom stereocenters. The number of hydrogen-bond acceptors (Lipinski definition) is 3. The maximum atomic E-state index is 12.3. The molecule has 0 spiro atoms. The SMILES string of the molecule is Cc1cccc(N2CCN(C(=O)NC(C(=O)O)C(C)C)CC2)c1C. The van der Waals surface area contributed by atoms with Gasteiger partial charge in [-0.2, -0.15) is 0 Å². The molecule has 1 fully saturated rings. The number of aliphatic carboxylic acids is 1. The van der Waals surface area contributed by atoms with Crippen molar-refractivity contribution in [1.82, 2.24) is 10.2 Å². The summed E-state index contributed by atoms with van der Waals surface area (Å²) >= 11 is 0. The van der Waals surface area contributed by atoms with Crippen LogP contribution in [0.2, 0.25) is 0 Å². The van der Waals surface area contributed by atoms with E-state index in [1.807, 2.05) is 0 Å². The first-order valence-electron chi connectivity index (χ1n) is 8.40. The molecule has 2 N–H and O–H groups in total. The molecule has 24 heavy (non-hydrogen) atoms. The molecule has 0 radical (unpaired) electrons. The number of carboxylic acid groups (broad SMARTS) is 1. The number of rotatable bonds is 4. The molecule has 0 aromatic heterocycles. The molecular weight excluding hydrogens is 306 g/mol. The van der Waals surface area contributed by atoms with Crippen molar-refractivity contribution in [2.75, 3.05) is 31.1 Å². The maximum Gasteiger partial charge on any atom is 0.326 e. The largest absolute Gasteiger partial charge is 0.480 e. The Kier molecular flexibility index (Phi) is 5.70. The fourth-order valence-electron chi connectivity index (χ4n) is 2.97. The van der Waals surface area contributed by atoms with Crippen LogP contribution in [0.3, 0.4) is 0 Å². The van der Waals surface area contributed by atoms with E-state index in [-0.39, 0.29) is 11.9 Å². The molecule has 2 rings (SSSR count). The van der Waals surface area contributed by atoms with E-state index in [4.69, 9.17) is 0 Å². The number of nitrogens with zero attached hydrogens (tertiary/aromatic N) is 2. The first-order chi connectivity index (χ1) is 11.3. The lowest BCUT2D eigenvalue weighted by Crippen LogP contribution is -2.55. The van der Waals surface area contributed by atoms with Gasteiger partial charge in [0.1, 0.15) is 6.04 Å². The Hall–Kier alpha value is -2.24. The molecule has 6 heteroatoms. The van der Waals surface area contributed by atoms with Gasteiger partial charge in [0.15, 0.2) is 0 Å². The molecule has 1 aromatic carbocycles. The van der Waals surface area contributed by atoms with Crippen molar-refractivity contribution in [2.45, 2.75) is 33.7 Å². The van der Waals surface area contributed by atoms with Crippen LogP contribution in [0.25, 0.3) is 0 Å². The minimum Gasteiger partial charge on any atom is -0.480 e. The molecule has 1 heterocycles. The number of carboxylic acids is 1. The van der Waals surface area contributed by atoms with Gasteiger partial charge in [-0.25, -0.2) is 9.59 Å². The summed E-state index contributed by atoms with van der Waals surface area (Å²) in [6.45, 7) is 10.5. The molecule has 6 nitrogen and oxygen atoms in total. The quantitative estimate of drug-likeness (QED) is 0.886. The van der Waals surface area contributed by atoms with Crippen LogP contribution in [0.4, 0.5) is 10.5 Å². The standard InChI is InChI=1S/C18H27N3O3/c1-12(2)16(17(22)23)19-18(24)21-10-8-20(9-11-21)15-7-5-6-13(3)14(15)4/h5-7,12,16H,8-11H2,1-4H3,(H,19,24)(H,22,23). The number of aryl methyl sites for hydroxylation is 1. The number of carbonyl (C=O) groups excluding carboxylic acids is 1. The van der Waals surface area contributed by atoms with Gasteiger partial charge >= 0.3 is 12.0 Å². The maximum absolute atomic E-state index is 12.3. The molecule has 0 saturated carbocycles. The van der Waals surface area contributed by atoms with Gasteiger partial charge in [0.05, 0.1) is 0 Å². The summed E-state index contributed by atoms with van der Waals surface area (Å²) < 4.78 is 0. The highest BCUT2D eigenvalue weighted by molar-refractivity contribution is 5.83. The summed E-state index contributed by atoms with van der Waals surface area (Å²) in [6, 6.07) is 5.11. The summed E-state index contributed by atoms with van der Waals surface area (Å²) in [5.74, 6) is -1.14. The molecule has 1 saturated heterocycles. The van der Waals surface area contributed by atoms with E-state index in [0.29, 0.717) is 13.1 Å². The predicted molar refractivity (Wildman–Crippen MR) is 94.5 cm³/mol. The van der Waals surface area contributed by atoms with Gasteiger partial charge in [-0.05, 0) is 37.0 Å².